The molecule has 0 aromatic rings. The minimum atomic E-state index is -0.662. The molecule has 0 aliphatic carbocycles. The molecule has 0 heterocycles. The number of rotatable bonds is 67. The Balaban J connectivity index is 3.35. The van der Waals surface area contributed by atoms with Gasteiger partial charge in [-0.1, -0.05) is 334 Å². The Morgan fingerprint density at radius 1 is 0.346 bits per heavy atom. The normalized spacial score (nSPS) is 12.6. The van der Waals surface area contributed by atoms with Crippen LogP contribution in [0.15, 0.2) is 24.3 Å². The highest BCUT2D eigenvalue weighted by Crippen LogP contribution is 2.19. The molecule has 78 heavy (non-hydrogen) atoms. The molecule has 0 fully saturated rings. The van der Waals surface area contributed by atoms with Crippen molar-refractivity contribution in [2.75, 3.05) is 13.2 Å². The first kappa shape index (κ1) is 76.3. The van der Waals surface area contributed by atoms with E-state index in [1.54, 1.807) is 0 Å². The summed E-state index contributed by atoms with van der Waals surface area (Å²) in [4.78, 5) is 24.6. The summed E-state index contributed by atoms with van der Waals surface area (Å²) in [5, 5.41) is 23.4. The smallest absolute Gasteiger partial charge is 0.305 e. The van der Waals surface area contributed by atoms with E-state index < -0.39 is 12.1 Å². The molecule has 3 N–H and O–H groups in total. The van der Waals surface area contributed by atoms with E-state index in [-0.39, 0.29) is 18.5 Å². The highest BCUT2D eigenvalue weighted by atomic mass is 16.5. The second-order valence-electron chi connectivity index (χ2n) is 24.6. The second-order valence-corrected chi connectivity index (χ2v) is 24.6. The van der Waals surface area contributed by atoms with Crippen molar-refractivity contribution in [3.05, 3.63) is 24.3 Å². The molecule has 0 saturated heterocycles. The Hall–Kier alpha value is -1.66. The van der Waals surface area contributed by atoms with Gasteiger partial charge in [0.15, 0.2) is 0 Å². The van der Waals surface area contributed by atoms with Crippen molar-refractivity contribution in [1.82, 2.24) is 5.32 Å². The minimum absolute atomic E-state index is 0.00947. The summed E-state index contributed by atoms with van der Waals surface area (Å²) in [6.07, 6.45) is 85.2. The molecule has 0 aromatic heterocycles. The van der Waals surface area contributed by atoms with Gasteiger partial charge in [0.05, 0.1) is 25.4 Å². The fourth-order valence-corrected chi connectivity index (χ4v) is 11.3. The van der Waals surface area contributed by atoms with Crippen LogP contribution in [0.4, 0.5) is 0 Å². The summed E-state index contributed by atoms with van der Waals surface area (Å²) in [5.41, 5.74) is 0. The standard InChI is InChI=1S/C72H139NO5/c1-3-5-7-9-11-13-15-17-18-37-41-44-48-52-56-60-64-70(75)69(68-74)73-71(76)65-61-57-53-49-45-42-38-35-33-31-29-27-25-23-21-19-20-22-24-26-28-30-32-34-36-39-43-47-51-55-59-63-67-78-72(77)66-62-58-54-50-46-40-16-14-12-10-8-6-4-2/h14,16,22,24,69-70,74-75H,3-13,15,17-21,23,25-68H2,1-2H3,(H,73,76)/b16-14-,24-22-. The van der Waals surface area contributed by atoms with Gasteiger partial charge in [-0.05, 0) is 77.0 Å². The van der Waals surface area contributed by atoms with Crippen molar-refractivity contribution in [1.29, 1.82) is 0 Å². The average molecular weight is 1100 g/mol. The minimum Gasteiger partial charge on any atom is -0.466 e. The van der Waals surface area contributed by atoms with E-state index in [1.807, 2.05) is 0 Å². The Morgan fingerprint density at radius 2 is 0.603 bits per heavy atom. The maximum absolute atomic E-state index is 12.5. The summed E-state index contributed by atoms with van der Waals surface area (Å²) < 4.78 is 5.48. The lowest BCUT2D eigenvalue weighted by Gasteiger charge is -2.22. The second kappa shape index (κ2) is 67.8. The lowest BCUT2D eigenvalue weighted by Crippen LogP contribution is -2.45. The van der Waals surface area contributed by atoms with Crippen LogP contribution in [-0.4, -0.2) is 47.4 Å². The van der Waals surface area contributed by atoms with Crippen molar-refractivity contribution >= 4 is 11.9 Å². The van der Waals surface area contributed by atoms with Crippen molar-refractivity contribution in [2.24, 2.45) is 0 Å². The lowest BCUT2D eigenvalue weighted by atomic mass is 10.0. The number of carbonyl (C=O) groups is 2. The Bertz CT molecular complexity index is 1220. The molecule has 0 rings (SSSR count). The summed E-state index contributed by atoms with van der Waals surface area (Å²) in [6.45, 7) is 4.97. The molecule has 0 saturated carbocycles. The van der Waals surface area contributed by atoms with Gasteiger partial charge in [0.2, 0.25) is 5.91 Å². The topological polar surface area (TPSA) is 95.9 Å². The molecular weight excluding hydrogens is 959 g/mol. The number of unbranched alkanes of at least 4 members (excludes halogenated alkanes) is 52. The van der Waals surface area contributed by atoms with Crippen LogP contribution in [0.25, 0.3) is 0 Å². The zero-order valence-corrected chi connectivity index (χ0v) is 52.9. The third-order valence-electron chi connectivity index (χ3n) is 16.7. The first-order valence-corrected chi connectivity index (χ1v) is 35.6. The Morgan fingerprint density at radius 3 is 0.923 bits per heavy atom. The monoisotopic (exact) mass is 1100 g/mol. The van der Waals surface area contributed by atoms with Crippen LogP contribution in [0.1, 0.15) is 399 Å². The van der Waals surface area contributed by atoms with E-state index in [2.05, 4.69) is 43.5 Å². The molecule has 462 valence electrons. The van der Waals surface area contributed by atoms with E-state index in [0.717, 1.165) is 44.9 Å². The number of ether oxygens (including phenoxy) is 1. The van der Waals surface area contributed by atoms with Crippen LogP contribution in [0.3, 0.4) is 0 Å². The van der Waals surface area contributed by atoms with Crippen molar-refractivity contribution in [3.63, 3.8) is 0 Å². The van der Waals surface area contributed by atoms with E-state index >= 15 is 0 Å². The Labute approximate surface area is 488 Å². The molecule has 2 atom stereocenters. The third-order valence-corrected chi connectivity index (χ3v) is 16.7. The van der Waals surface area contributed by atoms with Crippen LogP contribution >= 0.6 is 0 Å². The van der Waals surface area contributed by atoms with Gasteiger partial charge in [0.25, 0.3) is 0 Å². The molecule has 0 spiro atoms. The average Bonchev–Trinajstić information content (AvgIpc) is 3.44. The van der Waals surface area contributed by atoms with Gasteiger partial charge in [-0.2, -0.15) is 0 Å². The quantitative estimate of drug-likeness (QED) is 0.0320. The van der Waals surface area contributed by atoms with Gasteiger partial charge in [0.1, 0.15) is 0 Å². The zero-order chi connectivity index (χ0) is 56.4. The van der Waals surface area contributed by atoms with Crippen LogP contribution in [0.2, 0.25) is 0 Å². The third kappa shape index (κ3) is 63.5. The fraction of sp³-hybridized carbons (Fsp3) is 0.917. The molecule has 1 amide bonds. The number of amides is 1. The van der Waals surface area contributed by atoms with Gasteiger partial charge in [-0.15, -0.1) is 0 Å². The predicted molar refractivity (Wildman–Crippen MR) is 343 cm³/mol. The number of aliphatic hydroxyl groups is 2. The van der Waals surface area contributed by atoms with E-state index in [4.69, 9.17) is 4.74 Å². The van der Waals surface area contributed by atoms with Gasteiger partial charge >= 0.3 is 5.97 Å². The van der Waals surface area contributed by atoms with Gasteiger partial charge in [0, 0.05) is 12.8 Å². The van der Waals surface area contributed by atoms with E-state index in [9.17, 15) is 19.8 Å². The lowest BCUT2D eigenvalue weighted by molar-refractivity contribution is -0.143. The molecule has 0 aliphatic rings. The molecule has 0 radical (unpaired) electrons. The summed E-state index contributed by atoms with van der Waals surface area (Å²) in [6, 6.07) is -0.539. The molecule has 0 aromatic carbocycles. The van der Waals surface area contributed by atoms with Gasteiger partial charge < -0.3 is 20.3 Å². The summed E-state index contributed by atoms with van der Waals surface area (Å²) >= 11 is 0. The fourth-order valence-electron chi connectivity index (χ4n) is 11.3. The Kier molecular flexibility index (Phi) is 66.4. The van der Waals surface area contributed by atoms with Crippen molar-refractivity contribution in [2.45, 2.75) is 411 Å². The van der Waals surface area contributed by atoms with Crippen LogP contribution in [0.5, 0.6) is 0 Å². The van der Waals surface area contributed by atoms with Crippen LogP contribution in [-0.2, 0) is 14.3 Å². The van der Waals surface area contributed by atoms with Crippen LogP contribution in [0, 0.1) is 0 Å². The molecule has 2 unspecified atom stereocenters. The molecule has 0 aliphatic heterocycles. The van der Waals surface area contributed by atoms with Crippen molar-refractivity contribution in [3.8, 4) is 0 Å². The zero-order valence-electron chi connectivity index (χ0n) is 52.9. The number of allylic oxidation sites excluding steroid dienone is 4. The highest BCUT2D eigenvalue weighted by Gasteiger charge is 2.20. The maximum atomic E-state index is 12.5. The summed E-state index contributed by atoms with van der Waals surface area (Å²) in [5.74, 6) is -0.0196. The summed E-state index contributed by atoms with van der Waals surface area (Å²) in [7, 11) is 0. The number of hydrogen-bond acceptors (Lipinski definition) is 5. The molecule has 6 heteroatoms. The number of esters is 1. The molecular formula is C72H139NO5. The predicted octanol–water partition coefficient (Wildman–Crippen LogP) is 22.9. The van der Waals surface area contributed by atoms with E-state index in [1.165, 1.54) is 321 Å². The largest absolute Gasteiger partial charge is 0.466 e. The number of nitrogens with one attached hydrogen (secondary N) is 1. The highest BCUT2D eigenvalue weighted by molar-refractivity contribution is 5.76. The van der Waals surface area contributed by atoms with E-state index in [0.29, 0.717) is 25.9 Å². The number of hydrogen-bond donors (Lipinski definition) is 3. The SMILES string of the molecule is CCCCCC/C=C\CCCCCCCC(=O)OCCCCCCCCCCCCCC/C=C\CCCCCCCCCCCCCCCCCCC(=O)NC(CO)C(O)CCCCCCCCCCCCCCCCCC. The first-order chi connectivity index (χ1) is 38.5. The number of carbonyl (C=O) groups excluding carboxylic acids is 2. The molecule has 6 nitrogen and oxygen atoms in total. The first-order valence-electron chi connectivity index (χ1n) is 35.6. The van der Waals surface area contributed by atoms with Gasteiger partial charge in [-0.25, -0.2) is 0 Å². The molecule has 0 bridgehead atoms. The van der Waals surface area contributed by atoms with Crippen LogP contribution < -0.4 is 5.32 Å². The van der Waals surface area contributed by atoms with Crippen molar-refractivity contribution < 1.29 is 24.5 Å². The van der Waals surface area contributed by atoms with Gasteiger partial charge in [-0.3, -0.25) is 9.59 Å². The maximum Gasteiger partial charge on any atom is 0.305 e. The number of aliphatic hydroxyl groups excluding tert-OH is 2.